The van der Waals surface area contributed by atoms with Gasteiger partial charge in [-0.2, -0.15) is 0 Å². The molecule has 35 heavy (non-hydrogen) atoms. The minimum Gasteiger partial charge on any atom is -0.778 e. The molecule has 0 bridgehead atoms. The van der Waals surface area contributed by atoms with Crippen molar-refractivity contribution in [2.24, 2.45) is 5.10 Å². The minimum atomic E-state index is -4.74. The Kier molecular flexibility index (Phi) is 16.4. The first-order valence-electron chi connectivity index (χ1n) is 9.39. The van der Waals surface area contributed by atoms with Crippen LogP contribution in [0.3, 0.4) is 0 Å². The van der Waals surface area contributed by atoms with Crippen molar-refractivity contribution >= 4 is 40.3 Å². The Morgan fingerprint density at radius 1 is 1.03 bits per heavy atom. The van der Waals surface area contributed by atoms with Crippen molar-refractivity contribution in [3.8, 4) is 11.5 Å². The number of phenols is 1. The first-order valence-corrected chi connectivity index (χ1v) is 15.1. The van der Waals surface area contributed by atoms with Gasteiger partial charge in [-0.3, -0.25) is 9.42 Å². The molecule has 0 radical (unpaired) electrons. The molecule has 3 N–H and O–H groups in total. The van der Waals surface area contributed by atoms with Crippen LogP contribution in [0, 0.1) is 0 Å². The first kappa shape index (κ1) is 35.3. The fraction of sp³-hybridized carbons (Fsp3) is 0.278. The SMILES string of the molecule is CN(/N=C\c1ccc(O)cc1)[P+](=S)Oc1ccc(CCN(CP(=O)([O-])O)CP(=O)([O-])O)cc1.[Na+].[Na+]. The first-order chi connectivity index (χ1) is 15.3. The van der Waals surface area contributed by atoms with Crippen molar-refractivity contribution < 1.29 is 97.4 Å². The molecule has 3 atom stereocenters. The molecule has 0 saturated heterocycles. The normalized spacial score (nSPS) is 14.9. The van der Waals surface area contributed by atoms with Crippen molar-refractivity contribution in [2.75, 3.05) is 26.2 Å². The number of aromatic hydroxyl groups is 1. The summed E-state index contributed by atoms with van der Waals surface area (Å²) < 4.78 is 29.4. The average Bonchev–Trinajstić information content (AvgIpc) is 2.70. The Balaban J connectivity index is 0.00000578. The summed E-state index contributed by atoms with van der Waals surface area (Å²) >= 11 is 5.35. The van der Waals surface area contributed by atoms with E-state index in [1.165, 1.54) is 4.78 Å². The van der Waals surface area contributed by atoms with Gasteiger partial charge in [0.25, 0.3) is 0 Å². The standard InChI is InChI=1S/C18H24N3O8P3S.2Na/c1-20(19-12-16-2-6-17(22)7-3-16)30(33)29-18-8-4-15(5-9-18)10-11-21(13-31(23,24)25)14-32(26,27)28;;/h2-9,12H,10-11,13-14H2,1H3,(H4-,19,22,23,24,25,26,27,28);;/q;2*+1/p-1. The predicted octanol–water partition coefficient (Wildman–Crippen LogP) is -4.63. The topological polar surface area (TPSA) is 169 Å². The van der Waals surface area contributed by atoms with Crippen LogP contribution >= 0.6 is 22.3 Å². The summed E-state index contributed by atoms with van der Waals surface area (Å²) in [6.07, 6.45) is 0.0653. The molecule has 0 amide bonds. The number of nitrogens with zero attached hydrogens (tertiary/aromatic N) is 3. The third kappa shape index (κ3) is 15.3. The van der Waals surface area contributed by atoms with Crippen molar-refractivity contribution in [3.63, 3.8) is 0 Å². The van der Waals surface area contributed by atoms with Gasteiger partial charge in [0.15, 0.2) is 5.75 Å². The van der Waals surface area contributed by atoms with Gasteiger partial charge < -0.3 is 33.8 Å². The van der Waals surface area contributed by atoms with E-state index in [4.69, 9.17) is 26.1 Å². The Morgan fingerprint density at radius 3 is 2.03 bits per heavy atom. The summed E-state index contributed by atoms with van der Waals surface area (Å²) in [6, 6.07) is 13.2. The van der Waals surface area contributed by atoms with Gasteiger partial charge in [0.2, 0.25) is 11.8 Å². The molecule has 180 valence electrons. The molecule has 0 heterocycles. The molecule has 0 aliphatic carbocycles. The van der Waals surface area contributed by atoms with E-state index in [0.717, 1.165) is 16.0 Å². The van der Waals surface area contributed by atoms with Gasteiger partial charge in [0.1, 0.15) is 20.9 Å². The monoisotopic (exact) mass is 580 g/mol. The van der Waals surface area contributed by atoms with Gasteiger partial charge in [-0.05, 0) is 53.9 Å². The number of hydrogen-bond donors (Lipinski definition) is 3. The van der Waals surface area contributed by atoms with Gasteiger partial charge in [0.05, 0.1) is 25.8 Å². The van der Waals surface area contributed by atoms with Crippen LogP contribution in [0.15, 0.2) is 53.6 Å². The summed E-state index contributed by atoms with van der Waals surface area (Å²) in [5.74, 6) is 0.644. The predicted molar refractivity (Wildman–Crippen MR) is 125 cm³/mol. The summed E-state index contributed by atoms with van der Waals surface area (Å²) in [5, 5.41) is 13.5. The van der Waals surface area contributed by atoms with Crippen molar-refractivity contribution in [2.45, 2.75) is 6.42 Å². The van der Waals surface area contributed by atoms with E-state index in [1.807, 2.05) is 0 Å². The average molecular weight is 580 g/mol. The molecular weight excluding hydrogens is 557 g/mol. The molecular formula is C18H23N3Na2O8P3S+. The summed E-state index contributed by atoms with van der Waals surface area (Å²) in [7, 11) is -9.32. The van der Waals surface area contributed by atoms with Crippen LogP contribution in [0.2, 0.25) is 0 Å². The van der Waals surface area contributed by atoms with Gasteiger partial charge in [-0.1, -0.05) is 16.9 Å². The zero-order valence-corrected chi connectivity index (χ0v) is 27.0. The van der Waals surface area contributed by atoms with E-state index < -0.39 is 34.8 Å². The van der Waals surface area contributed by atoms with E-state index in [1.54, 1.807) is 61.8 Å². The second kappa shape index (κ2) is 16.3. The molecule has 0 aromatic heterocycles. The van der Waals surface area contributed by atoms with Crippen LogP contribution < -0.4 is 73.4 Å². The third-order valence-corrected chi connectivity index (χ3v) is 7.47. The zero-order chi connectivity index (χ0) is 24.6. The van der Waals surface area contributed by atoms with Gasteiger partial charge in [-0.25, -0.2) is 0 Å². The summed E-state index contributed by atoms with van der Waals surface area (Å²) in [6.45, 7) is -0.0256. The van der Waals surface area contributed by atoms with Gasteiger partial charge >= 0.3 is 66.2 Å². The minimum absolute atomic E-state index is 0. The van der Waals surface area contributed by atoms with Crippen LogP contribution in [-0.2, 0) is 27.4 Å². The van der Waals surface area contributed by atoms with Crippen molar-refractivity contribution in [3.05, 3.63) is 59.7 Å². The second-order valence-electron chi connectivity index (χ2n) is 7.00. The number of benzene rings is 2. The summed E-state index contributed by atoms with van der Waals surface area (Å²) in [5.41, 5.74) is 1.53. The van der Waals surface area contributed by atoms with E-state index in [2.05, 4.69) is 5.10 Å². The number of rotatable bonds is 12. The molecule has 11 nitrogen and oxygen atoms in total. The molecule has 2 aromatic carbocycles. The molecule has 0 aliphatic heterocycles. The Bertz CT molecular complexity index is 1040. The number of phenolic OH excluding ortho intramolecular Hbond substituents is 1. The molecule has 17 heteroatoms. The molecule has 3 unspecified atom stereocenters. The second-order valence-corrected chi connectivity index (χ2v) is 12.3. The van der Waals surface area contributed by atoms with E-state index in [9.17, 15) is 24.0 Å². The van der Waals surface area contributed by atoms with E-state index >= 15 is 0 Å². The van der Waals surface area contributed by atoms with Gasteiger partial charge in [0, 0.05) is 6.54 Å². The van der Waals surface area contributed by atoms with Crippen LogP contribution in [0.5, 0.6) is 11.5 Å². The summed E-state index contributed by atoms with van der Waals surface area (Å²) in [4.78, 5) is 41.1. The maximum atomic E-state index is 11.1. The van der Waals surface area contributed by atoms with E-state index in [-0.39, 0.29) is 77.8 Å². The fourth-order valence-electron chi connectivity index (χ4n) is 2.60. The largest absolute Gasteiger partial charge is 1.00 e. The molecule has 0 spiro atoms. The maximum Gasteiger partial charge on any atom is 1.00 e. The molecule has 2 rings (SSSR count). The van der Waals surface area contributed by atoms with E-state index in [0.29, 0.717) is 5.75 Å². The van der Waals surface area contributed by atoms with Crippen molar-refractivity contribution in [1.82, 2.24) is 9.68 Å². The fourth-order valence-corrected chi connectivity index (χ4v) is 5.19. The molecule has 2 aromatic rings. The van der Waals surface area contributed by atoms with Gasteiger partial charge in [-0.15, -0.1) is 5.10 Å². The quantitative estimate of drug-likeness (QED) is 0.0956. The zero-order valence-electron chi connectivity index (χ0n) is 19.5. The number of hydrazone groups is 1. The Morgan fingerprint density at radius 2 is 1.54 bits per heavy atom. The smallest absolute Gasteiger partial charge is 0.778 e. The van der Waals surface area contributed by atoms with Crippen LogP contribution in [-0.4, -0.2) is 57.0 Å². The molecule has 0 aliphatic rings. The van der Waals surface area contributed by atoms with Crippen LogP contribution in [0.25, 0.3) is 0 Å². The molecule has 0 fully saturated rings. The molecule has 0 saturated carbocycles. The van der Waals surface area contributed by atoms with Crippen LogP contribution in [0.1, 0.15) is 11.1 Å². The van der Waals surface area contributed by atoms with Crippen molar-refractivity contribution in [1.29, 1.82) is 0 Å². The Hall–Kier alpha value is 0.290. The third-order valence-electron chi connectivity index (χ3n) is 4.08. The number of hydrogen-bond acceptors (Lipinski definition) is 9. The van der Waals surface area contributed by atoms with Crippen LogP contribution in [0.4, 0.5) is 0 Å². The maximum absolute atomic E-state index is 11.1. The Labute approximate surface area is 254 Å².